The third-order valence-electron chi connectivity index (χ3n) is 3.37. The summed E-state index contributed by atoms with van der Waals surface area (Å²) in [5, 5.41) is 15.4. The fourth-order valence-corrected chi connectivity index (χ4v) is 2.31. The van der Waals surface area contributed by atoms with Crippen LogP contribution in [-0.2, 0) is 16.1 Å². The van der Waals surface area contributed by atoms with Crippen molar-refractivity contribution in [1.29, 1.82) is 5.26 Å². The predicted molar refractivity (Wildman–Crippen MR) is 73.9 cm³/mol. The summed E-state index contributed by atoms with van der Waals surface area (Å²) in [4.78, 5) is 11.8. The van der Waals surface area contributed by atoms with Crippen molar-refractivity contribution in [2.45, 2.75) is 57.8 Å². The van der Waals surface area contributed by atoms with Crippen molar-refractivity contribution < 1.29 is 9.53 Å². The van der Waals surface area contributed by atoms with Gasteiger partial charge in [0.05, 0.1) is 31.2 Å². The van der Waals surface area contributed by atoms with Gasteiger partial charge in [-0.25, -0.2) is 0 Å². The molecule has 1 aliphatic heterocycles. The predicted octanol–water partition coefficient (Wildman–Crippen LogP) is 2.08. The Bertz CT molecular complexity index is 492. The molecule has 1 N–H and O–H groups in total. The van der Waals surface area contributed by atoms with E-state index in [0.717, 1.165) is 19.3 Å². The molecular formula is C14H20N4O2. The number of carbonyl (C=O) groups is 1. The minimum Gasteiger partial charge on any atom is -0.375 e. The monoisotopic (exact) mass is 276 g/mol. The van der Waals surface area contributed by atoms with E-state index in [4.69, 9.17) is 10.00 Å². The molecule has 0 bridgehead atoms. The molecule has 1 aromatic heterocycles. The number of amides is 1. The lowest BCUT2D eigenvalue weighted by Gasteiger charge is -2.10. The summed E-state index contributed by atoms with van der Waals surface area (Å²) in [6.07, 6.45) is 6.02. The molecule has 1 amide bonds. The molecule has 1 aromatic rings. The van der Waals surface area contributed by atoms with Crippen LogP contribution in [-0.4, -0.2) is 27.9 Å². The van der Waals surface area contributed by atoms with Gasteiger partial charge in [0.1, 0.15) is 0 Å². The van der Waals surface area contributed by atoms with Gasteiger partial charge in [-0.05, 0) is 26.2 Å². The molecule has 2 heterocycles. The first-order valence-electron chi connectivity index (χ1n) is 7.03. The van der Waals surface area contributed by atoms with E-state index in [1.807, 2.05) is 0 Å². The summed E-state index contributed by atoms with van der Waals surface area (Å²) in [6, 6.07) is 3.80. The number of carbonyl (C=O) groups excluding carboxylic acids is 1. The summed E-state index contributed by atoms with van der Waals surface area (Å²) >= 11 is 0. The Kier molecular flexibility index (Phi) is 5.13. The minimum atomic E-state index is -0.0429. The standard InChI is InChI=1S/C14H20N4O2/c1-11-3-4-12(20-11)5-6-14(19)16-13-7-10-18(17-13)9-2-8-15/h7,10-12H,2-6,9H2,1H3,(H,16,17,19)/t11-,12+/m0/s1. The van der Waals surface area contributed by atoms with E-state index in [9.17, 15) is 4.79 Å². The lowest BCUT2D eigenvalue weighted by atomic mass is 10.1. The molecular weight excluding hydrogens is 256 g/mol. The van der Waals surface area contributed by atoms with E-state index in [-0.39, 0.29) is 12.0 Å². The van der Waals surface area contributed by atoms with Crippen molar-refractivity contribution in [2.75, 3.05) is 5.32 Å². The Morgan fingerprint density at radius 1 is 1.65 bits per heavy atom. The highest BCUT2D eigenvalue weighted by molar-refractivity contribution is 5.89. The smallest absolute Gasteiger partial charge is 0.225 e. The first kappa shape index (κ1) is 14.5. The molecule has 0 saturated carbocycles. The first-order valence-corrected chi connectivity index (χ1v) is 7.03. The molecule has 0 unspecified atom stereocenters. The zero-order chi connectivity index (χ0) is 14.4. The summed E-state index contributed by atoms with van der Waals surface area (Å²) in [7, 11) is 0. The van der Waals surface area contributed by atoms with Gasteiger partial charge >= 0.3 is 0 Å². The fourth-order valence-electron chi connectivity index (χ4n) is 2.31. The highest BCUT2D eigenvalue weighted by atomic mass is 16.5. The summed E-state index contributed by atoms with van der Waals surface area (Å²) in [6.45, 7) is 2.61. The van der Waals surface area contributed by atoms with Crippen molar-refractivity contribution in [3.63, 3.8) is 0 Å². The zero-order valence-corrected chi connectivity index (χ0v) is 11.7. The number of aryl methyl sites for hydroxylation is 1. The molecule has 1 fully saturated rings. The number of ether oxygens (including phenoxy) is 1. The molecule has 0 aromatic carbocycles. The largest absolute Gasteiger partial charge is 0.375 e. The van der Waals surface area contributed by atoms with Gasteiger partial charge in [-0.3, -0.25) is 9.48 Å². The molecule has 108 valence electrons. The van der Waals surface area contributed by atoms with Gasteiger partial charge in [0.15, 0.2) is 5.82 Å². The molecule has 20 heavy (non-hydrogen) atoms. The Morgan fingerprint density at radius 2 is 2.50 bits per heavy atom. The van der Waals surface area contributed by atoms with E-state index in [1.54, 1.807) is 16.9 Å². The molecule has 1 saturated heterocycles. The number of anilines is 1. The van der Waals surface area contributed by atoms with Crippen LogP contribution in [0.25, 0.3) is 0 Å². The number of nitrogens with zero attached hydrogens (tertiary/aromatic N) is 3. The van der Waals surface area contributed by atoms with Crippen LogP contribution in [0.4, 0.5) is 5.82 Å². The molecule has 0 radical (unpaired) electrons. The normalized spacial score (nSPS) is 21.6. The quantitative estimate of drug-likeness (QED) is 0.862. The van der Waals surface area contributed by atoms with Gasteiger partial charge < -0.3 is 10.1 Å². The molecule has 1 aliphatic rings. The number of hydrogen-bond donors (Lipinski definition) is 1. The van der Waals surface area contributed by atoms with Gasteiger partial charge in [0.2, 0.25) is 5.91 Å². The van der Waals surface area contributed by atoms with Gasteiger partial charge in [-0.2, -0.15) is 10.4 Å². The number of rotatable bonds is 6. The van der Waals surface area contributed by atoms with E-state index in [2.05, 4.69) is 23.4 Å². The van der Waals surface area contributed by atoms with Crippen molar-refractivity contribution in [1.82, 2.24) is 9.78 Å². The molecule has 2 rings (SSSR count). The van der Waals surface area contributed by atoms with Crippen LogP contribution >= 0.6 is 0 Å². The zero-order valence-electron chi connectivity index (χ0n) is 11.7. The third-order valence-corrected chi connectivity index (χ3v) is 3.37. The van der Waals surface area contributed by atoms with Gasteiger partial charge in [0, 0.05) is 18.7 Å². The van der Waals surface area contributed by atoms with Crippen molar-refractivity contribution >= 4 is 11.7 Å². The van der Waals surface area contributed by atoms with Crippen molar-refractivity contribution in [3.05, 3.63) is 12.3 Å². The van der Waals surface area contributed by atoms with Gasteiger partial charge in [-0.15, -0.1) is 0 Å². The van der Waals surface area contributed by atoms with E-state index in [0.29, 0.717) is 31.3 Å². The fraction of sp³-hybridized carbons (Fsp3) is 0.643. The van der Waals surface area contributed by atoms with Crippen LogP contribution in [0, 0.1) is 11.3 Å². The Labute approximate surface area is 118 Å². The number of nitriles is 1. The van der Waals surface area contributed by atoms with E-state index in [1.165, 1.54) is 0 Å². The SMILES string of the molecule is C[C@H]1CC[C@H](CCC(=O)Nc2ccn(CCC#N)n2)O1. The molecule has 0 spiro atoms. The molecule has 6 heteroatoms. The van der Waals surface area contributed by atoms with Gasteiger partial charge in [-0.1, -0.05) is 0 Å². The lowest BCUT2D eigenvalue weighted by molar-refractivity contribution is -0.116. The van der Waals surface area contributed by atoms with Crippen LogP contribution in [0.2, 0.25) is 0 Å². The van der Waals surface area contributed by atoms with Crippen molar-refractivity contribution in [2.24, 2.45) is 0 Å². The second kappa shape index (κ2) is 7.06. The maximum Gasteiger partial charge on any atom is 0.225 e. The molecule has 0 aliphatic carbocycles. The summed E-state index contributed by atoms with van der Waals surface area (Å²) < 4.78 is 7.33. The van der Waals surface area contributed by atoms with Crippen LogP contribution in [0.1, 0.15) is 39.0 Å². The minimum absolute atomic E-state index is 0.0429. The lowest BCUT2D eigenvalue weighted by Crippen LogP contribution is -2.16. The molecule has 2 atom stereocenters. The van der Waals surface area contributed by atoms with Crippen LogP contribution in [0.15, 0.2) is 12.3 Å². The van der Waals surface area contributed by atoms with E-state index < -0.39 is 0 Å². The molecule has 6 nitrogen and oxygen atoms in total. The summed E-state index contributed by atoms with van der Waals surface area (Å²) in [5.74, 6) is 0.493. The van der Waals surface area contributed by atoms with E-state index >= 15 is 0 Å². The third kappa shape index (κ3) is 4.35. The number of nitrogens with one attached hydrogen (secondary N) is 1. The average Bonchev–Trinajstić information content (AvgIpc) is 3.03. The number of hydrogen-bond acceptors (Lipinski definition) is 4. The second-order valence-electron chi connectivity index (χ2n) is 5.11. The number of aromatic nitrogens is 2. The van der Waals surface area contributed by atoms with Crippen molar-refractivity contribution in [3.8, 4) is 6.07 Å². The van der Waals surface area contributed by atoms with Crippen LogP contribution in [0.3, 0.4) is 0 Å². The second-order valence-corrected chi connectivity index (χ2v) is 5.11. The average molecular weight is 276 g/mol. The van der Waals surface area contributed by atoms with Crippen LogP contribution in [0.5, 0.6) is 0 Å². The Balaban J connectivity index is 1.71. The topological polar surface area (TPSA) is 79.9 Å². The first-order chi connectivity index (χ1) is 9.67. The highest BCUT2D eigenvalue weighted by Gasteiger charge is 2.22. The van der Waals surface area contributed by atoms with Crippen LogP contribution < -0.4 is 5.32 Å². The maximum absolute atomic E-state index is 11.8. The maximum atomic E-state index is 11.8. The highest BCUT2D eigenvalue weighted by Crippen LogP contribution is 2.22. The summed E-state index contributed by atoms with van der Waals surface area (Å²) in [5.41, 5.74) is 0. The Morgan fingerprint density at radius 3 is 3.20 bits per heavy atom. The Hall–Kier alpha value is -1.87. The van der Waals surface area contributed by atoms with Gasteiger partial charge in [0.25, 0.3) is 0 Å².